The van der Waals surface area contributed by atoms with Crippen LogP contribution in [0.15, 0.2) is 35.2 Å². The molecule has 1 aliphatic carbocycles. The van der Waals surface area contributed by atoms with E-state index in [1.807, 2.05) is 17.8 Å². The maximum absolute atomic E-state index is 11.8. The van der Waals surface area contributed by atoms with Crippen molar-refractivity contribution < 1.29 is 9.53 Å². The second-order valence-electron chi connectivity index (χ2n) is 5.80. The zero-order valence-corrected chi connectivity index (χ0v) is 12.6. The summed E-state index contributed by atoms with van der Waals surface area (Å²) in [4.78, 5) is 13.0. The van der Waals surface area contributed by atoms with Gasteiger partial charge >= 0.3 is 6.09 Å². The number of benzene rings is 1. The minimum atomic E-state index is -0.277. The Kier molecular flexibility index (Phi) is 3.92. The van der Waals surface area contributed by atoms with E-state index in [4.69, 9.17) is 4.74 Å². The fourth-order valence-corrected chi connectivity index (χ4v) is 4.76. The number of amides is 1. The van der Waals surface area contributed by atoms with E-state index < -0.39 is 0 Å². The van der Waals surface area contributed by atoms with Gasteiger partial charge in [-0.2, -0.15) is 0 Å². The molecule has 1 aromatic carbocycles. The fraction of sp³-hybridized carbons (Fsp3) is 0.562. The van der Waals surface area contributed by atoms with Crippen LogP contribution in [0.3, 0.4) is 0 Å². The first-order valence-corrected chi connectivity index (χ1v) is 8.29. The summed E-state index contributed by atoms with van der Waals surface area (Å²) in [6.07, 6.45) is 5.32. The number of rotatable bonds is 2. The maximum atomic E-state index is 11.8. The van der Waals surface area contributed by atoms with E-state index in [2.05, 4.69) is 36.5 Å². The lowest BCUT2D eigenvalue weighted by atomic mass is 9.79. The van der Waals surface area contributed by atoms with Crippen LogP contribution in [0.5, 0.6) is 0 Å². The van der Waals surface area contributed by atoms with Crippen molar-refractivity contribution in [3.63, 3.8) is 0 Å². The summed E-state index contributed by atoms with van der Waals surface area (Å²) in [7, 11) is 0. The first kappa shape index (κ1) is 13.8. The Morgan fingerprint density at radius 2 is 1.90 bits per heavy atom. The first-order chi connectivity index (χ1) is 9.70. The molecule has 1 N–H and O–H groups in total. The van der Waals surface area contributed by atoms with E-state index in [-0.39, 0.29) is 23.0 Å². The zero-order valence-electron chi connectivity index (χ0n) is 11.8. The first-order valence-electron chi connectivity index (χ1n) is 7.41. The molecule has 3 rings (SSSR count). The van der Waals surface area contributed by atoms with Crippen LogP contribution in [0, 0.1) is 0 Å². The smallest absolute Gasteiger partial charge is 0.407 e. The van der Waals surface area contributed by atoms with E-state index in [1.165, 1.54) is 11.3 Å². The van der Waals surface area contributed by atoms with Crippen LogP contribution in [0.1, 0.15) is 39.0 Å². The lowest BCUT2D eigenvalue weighted by Crippen LogP contribution is -2.61. The van der Waals surface area contributed by atoms with E-state index >= 15 is 0 Å². The Bertz CT molecular complexity index is 471. The van der Waals surface area contributed by atoms with E-state index in [1.54, 1.807) is 0 Å². The van der Waals surface area contributed by atoms with Gasteiger partial charge in [-0.15, -0.1) is 11.8 Å². The third kappa shape index (κ3) is 2.66. The fourth-order valence-electron chi connectivity index (χ4n) is 3.38. The predicted molar refractivity (Wildman–Crippen MR) is 81.0 cm³/mol. The van der Waals surface area contributed by atoms with Crippen molar-refractivity contribution in [3.8, 4) is 0 Å². The van der Waals surface area contributed by atoms with Gasteiger partial charge in [-0.3, -0.25) is 0 Å². The molecule has 1 aromatic rings. The van der Waals surface area contributed by atoms with Gasteiger partial charge in [-0.05, 0) is 44.7 Å². The molecule has 1 spiro atoms. The zero-order chi connectivity index (χ0) is 14.0. The molecule has 2 fully saturated rings. The topological polar surface area (TPSA) is 38.3 Å². The van der Waals surface area contributed by atoms with E-state index in [0.717, 1.165) is 25.7 Å². The van der Waals surface area contributed by atoms with Gasteiger partial charge in [0.15, 0.2) is 0 Å². The summed E-state index contributed by atoms with van der Waals surface area (Å²) >= 11 is 1.84. The third-order valence-electron chi connectivity index (χ3n) is 4.32. The maximum Gasteiger partial charge on any atom is 0.407 e. The second kappa shape index (κ2) is 5.68. The van der Waals surface area contributed by atoms with Crippen LogP contribution in [0.4, 0.5) is 4.79 Å². The largest absolute Gasteiger partial charge is 0.442 e. The molecule has 20 heavy (non-hydrogen) atoms. The van der Waals surface area contributed by atoms with Gasteiger partial charge in [0.2, 0.25) is 0 Å². The Labute approximate surface area is 124 Å². The van der Waals surface area contributed by atoms with Crippen molar-refractivity contribution in [2.45, 2.75) is 60.8 Å². The number of carbonyl (C=O) groups is 1. The quantitative estimate of drug-likeness (QED) is 0.895. The van der Waals surface area contributed by atoms with Crippen LogP contribution < -0.4 is 5.32 Å². The number of alkyl carbamates (subject to hydrolysis) is 1. The second-order valence-corrected chi connectivity index (χ2v) is 7.01. The highest BCUT2D eigenvalue weighted by Gasteiger charge is 2.49. The van der Waals surface area contributed by atoms with E-state index in [9.17, 15) is 4.79 Å². The normalized spacial score (nSPS) is 28.8. The molecule has 0 bridgehead atoms. The molecular weight excluding hydrogens is 270 g/mol. The highest BCUT2D eigenvalue weighted by molar-refractivity contribution is 8.00. The highest BCUT2D eigenvalue weighted by atomic mass is 32.2. The standard InChI is InChI=1S/C16H21NO2S/c1-12-14(20-13-8-4-2-5-9-13)16(19-15(18)17-12)10-6-3-7-11-16/h2,4-5,8-9,12,14H,3,6-7,10-11H2,1H3,(H,17,18)/t12-,14+/m1/s1. The summed E-state index contributed by atoms with van der Waals surface area (Å²) < 4.78 is 5.80. The molecule has 108 valence electrons. The number of ether oxygens (including phenoxy) is 1. The van der Waals surface area contributed by atoms with Gasteiger partial charge in [-0.25, -0.2) is 4.79 Å². The highest BCUT2D eigenvalue weighted by Crippen LogP contribution is 2.45. The van der Waals surface area contributed by atoms with Crippen LogP contribution in [-0.4, -0.2) is 23.0 Å². The monoisotopic (exact) mass is 291 g/mol. The lowest BCUT2D eigenvalue weighted by Gasteiger charge is -2.48. The van der Waals surface area contributed by atoms with Gasteiger partial charge in [0.05, 0.1) is 5.25 Å². The lowest BCUT2D eigenvalue weighted by molar-refractivity contribution is -0.0427. The molecule has 2 aliphatic rings. The number of nitrogens with one attached hydrogen (secondary N) is 1. The molecule has 1 saturated heterocycles. The summed E-state index contributed by atoms with van der Waals surface area (Å²) in [5.41, 5.74) is -0.277. The molecule has 1 heterocycles. The Balaban J connectivity index is 1.85. The van der Waals surface area contributed by atoms with Gasteiger partial charge in [0.1, 0.15) is 5.60 Å². The van der Waals surface area contributed by atoms with Gasteiger partial charge in [-0.1, -0.05) is 24.6 Å². The van der Waals surface area contributed by atoms with Crippen molar-refractivity contribution in [2.24, 2.45) is 0 Å². The van der Waals surface area contributed by atoms with Crippen molar-refractivity contribution >= 4 is 17.9 Å². The Morgan fingerprint density at radius 1 is 1.20 bits per heavy atom. The predicted octanol–water partition coefficient (Wildman–Crippen LogP) is 3.98. The molecule has 0 aromatic heterocycles. The molecule has 0 unspecified atom stereocenters. The molecule has 3 nitrogen and oxygen atoms in total. The SMILES string of the molecule is C[C@H]1NC(=O)OC2(CCCCC2)[C@H]1Sc1ccccc1. The third-order valence-corrected chi connectivity index (χ3v) is 5.96. The van der Waals surface area contributed by atoms with Gasteiger partial charge < -0.3 is 10.1 Å². The van der Waals surface area contributed by atoms with Gasteiger partial charge in [0.25, 0.3) is 0 Å². The van der Waals surface area contributed by atoms with Crippen molar-refractivity contribution in [3.05, 3.63) is 30.3 Å². The number of hydrogen-bond donors (Lipinski definition) is 1. The molecule has 0 radical (unpaired) electrons. The molecule has 4 heteroatoms. The summed E-state index contributed by atoms with van der Waals surface area (Å²) in [5, 5.41) is 3.22. The van der Waals surface area contributed by atoms with Gasteiger partial charge in [0, 0.05) is 10.9 Å². The van der Waals surface area contributed by atoms with Crippen molar-refractivity contribution in [1.82, 2.24) is 5.32 Å². The van der Waals surface area contributed by atoms with Crippen molar-refractivity contribution in [2.75, 3.05) is 0 Å². The number of carbonyl (C=O) groups excluding carboxylic acids is 1. The molecule has 1 amide bonds. The Hall–Kier alpha value is -1.16. The summed E-state index contributed by atoms with van der Waals surface area (Å²) in [6, 6.07) is 10.5. The van der Waals surface area contributed by atoms with Crippen molar-refractivity contribution in [1.29, 1.82) is 0 Å². The minimum absolute atomic E-state index is 0.138. The summed E-state index contributed by atoms with van der Waals surface area (Å²) in [6.45, 7) is 2.09. The van der Waals surface area contributed by atoms with Crippen LogP contribution in [0.25, 0.3) is 0 Å². The molecule has 2 atom stereocenters. The Morgan fingerprint density at radius 3 is 2.60 bits per heavy atom. The molecular formula is C16H21NO2S. The number of hydrogen-bond acceptors (Lipinski definition) is 3. The van der Waals surface area contributed by atoms with E-state index in [0.29, 0.717) is 0 Å². The average molecular weight is 291 g/mol. The number of thioether (sulfide) groups is 1. The van der Waals surface area contributed by atoms with Crippen LogP contribution >= 0.6 is 11.8 Å². The minimum Gasteiger partial charge on any atom is -0.442 e. The van der Waals surface area contributed by atoms with Crippen LogP contribution in [-0.2, 0) is 4.74 Å². The van der Waals surface area contributed by atoms with Crippen LogP contribution in [0.2, 0.25) is 0 Å². The average Bonchev–Trinajstić information content (AvgIpc) is 2.45. The summed E-state index contributed by atoms with van der Waals surface area (Å²) in [5.74, 6) is 0. The molecule has 1 saturated carbocycles. The molecule has 1 aliphatic heterocycles.